The molecule has 0 amide bonds. The molecule has 3 rings (SSSR count). The van der Waals surface area contributed by atoms with Crippen LogP contribution in [0.15, 0.2) is 60.7 Å². The summed E-state index contributed by atoms with van der Waals surface area (Å²) in [6.07, 6.45) is 0. The zero-order valence-electron chi connectivity index (χ0n) is 12.9. The van der Waals surface area contributed by atoms with Crippen LogP contribution >= 0.6 is 35.4 Å². The van der Waals surface area contributed by atoms with E-state index in [0.29, 0.717) is 28.2 Å². The van der Waals surface area contributed by atoms with Gasteiger partial charge in [0.15, 0.2) is 5.11 Å². The van der Waals surface area contributed by atoms with Crippen LogP contribution in [0.3, 0.4) is 0 Å². The van der Waals surface area contributed by atoms with E-state index in [1.165, 1.54) is 16.3 Å². The molecule has 0 saturated heterocycles. The third-order valence-electron chi connectivity index (χ3n) is 3.76. The highest BCUT2D eigenvalue weighted by atomic mass is 35.5. The molecule has 3 aromatic carbocycles. The first kappa shape index (κ1) is 17.0. The number of benzene rings is 3. The van der Waals surface area contributed by atoms with E-state index in [0.717, 1.165) is 5.56 Å². The van der Waals surface area contributed by atoms with Crippen LogP contribution in [0.4, 0.5) is 0 Å². The Morgan fingerprint density at radius 1 is 0.833 bits per heavy atom. The van der Waals surface area contributed by atoms with Gasteiger partial charge in [-0.05, 0) is 46.2 Å². The van der Waals surface area contributed by atoms with Crippen LogP contribution in [0.1, 0.15) is 11.1 Å². The molecule has 0 saturated carbocycles. The maximum atomic E-state index is 6.02. The van der Waals surface area contributed by atoms with Gasteiger partial charge in [0, 0.05) is 13.1 Å². The van der Waals surface area contributed by atoms with Crippen molar-refractivity contribution in [1.29, 1.82) is 0 Å². The molecule has 0 spiro atoms. The molecule has 2 N–H and O–H groups in total. The predicted octanol–water partition coefficient (Wildman–Crippen LogP) is 5.31. The van der Waals surface area contributed by atoms with Crippen LogP contribution in [0.25, 0.3) is 10.8 Å². The topological polar surface area (TPSA) is 24.1 Å². The van der Waals surface area contributed by atoms with Crippen molar-refractivity contribution in [2.45, 2.75) is 13.1 Å². The lowest BCUT2D eigenvalue weighted by Gasteiger charge is -2.12. The van der Waals surface area contributed by atoms with Gasteiger partial charge in [0.05, 0.1) is 10.0 Å². The Bertz CT molecular complexity index is 875. The molecule has 0 radical (unpaired) electrons. The minimum absolute atomic E-state index is 0.547. The summed E-state index contributed by atoms with van der Waals surface area (Å²) in [5.41, 5.74) is 2.24. The van der Waals surface area contributed by atoms with E-state index in [1.807, 2.05) is 24.3 Å². The van der Waals surface area contributed by atoms with E-state index in [-0.39, 0.29) is 0 Å². The Balaban J connectivity index is 1.58. The van der Waals surface area contributed by atoms with Crippen molar-refractivity contribution in [2.24, 2.45) is 0 Å². The quantitative estimate of drug-likeness (QED) is 0.605. The second-order valence-corrected chi connectivity index (χ2v) is 6.65. The second kappa shape index (κ2) is 7.84. The molecule has 3 aromatic rings. The Kier molecular flexibility index (Phi) is 5.56. The lowest BCUT2D eigenvalue weighted by Crippen LogP contribution is -2.34. The van der Waals surface area contributed by atoms with Gasteiger partial charge in [0.1, 0.15) is 0 Å². The van der Waals surface area contributed by atoms with Crippen molar-refractivity contribution in [3.63, 3.8) is 0 Å². The summed E-state index contributed by atoms with van der Waals surface area (Å²) in [7, 11) is 0. The molecule has 2 nitrogen and oxygen atoms in total. The van der Waals surface area contributed by atoms with E-state index >= 15 is 0 Å². The average molecular weight is 375 g/mol. The van der Waals surface area contributed by atoms with Crippen molar-refractivity contribution >= 4 is 51.3 Å². The molecule has 0 heterocycles. The first-order valence-electron chi connectivity index (χ1n) is 7.56. The van der Waals surface area contributed by atoms with E-state index in [4.69, 9.17) is 35.4 Å². The van der Waals surface area contributed by atoms with Gasteiger partial charge in [0.25, 0.3) is 0 Å². The molecule has 122 valence electrons. The second-order valence-electron chi connectivity index (χ2n) is 5.42. The maximum Gasteiger partial charge on any atom is 0.166 e. The number of hydrogen-bond donors (Lipinski definition) is 2. The summed E-state index contributed by atoms with van der Waals surface area (Å²) < 4.78 is 0. The molecule has 0 fully saturated rings. The maximum absolute atomic E-state index is 6.02. The largest absolute Gasteiger partial charge is 0.359 e. The van der Waals surface area contributed by atoms with Crippen LogP contribution in [-0.4, -0.2) is 5.11 Å². The number of halogens is 2. The highest BCUT2D eigenvalue weighted by molar-refractivity contribution is 7.80. The average Bonchev–Trinajstić information content (AvgIpc) is 2.61. The monoisotopic (exact) mass is 374 g/mol. The number of rotatable bonds is 4. The molecule has 0 aliphatic carbocycles. The zero-order valence-corrected chi connectivity index (χ0v) is 15.2. The third-order valence-corrected chi connectivity index (χ3v) is 4.78. The number of fused-ring (bicyclic) bond motifs is 1. The highest BCUT2D eigenvalue weighted by Gasteiger charge is 2.03. The molecular weight excluding hydrogens is 359 g/mol. The Hall–Kier alpha value is -1.81. The molecular formula is C19H16Cl2N2S. The first-order valence-corrected chi connectivity index (χ1v) is 8.72. The van der Waals surface area contributed by atoms with Gasteiger partial charge in [-0.2, -0.15) is 0 Å². The summed E-state index contributed by atoms with van der Waals surface area (Å²) >= 11 is 17.3. The van der Waals surface area contributed by atoms with E-state index in [2.05, 4.69) is 41.0 Å². The molecule has 0 aliphatic heterocycles. The zero-order chi connectivity index (χ0) is 16.9. The van der Waals surface area contributed by atoms with Crippen molar-refractivity contribution in [2.75, 3.05) is 0 Å². The van der Waals surface area contributed by atoms with Crippen molar-refractivity contribution in [3.05, 3.63) is 81.8 Å². The standard InChI is InChI=1S/C19H16Cl2N2S/c20-17-9-8-13(10-18(17)21)11-22-19(24)23-12-15-6-3-5-14-4-1-2-7-16(14)15/h1-10H,11-12H2,(H2,22,23,24). The molecule has 0 aliphatic rings. The van der Waals surface area contributed by atoms with Gasteiger partial charge in [-0.15, -0.1) is 0 Å². The van der Waals surface area contributed by atoms with Crippen LogP contribution in [0, 0.1) is 0 Å². The number of nitrogens with one attached hydrogen (secondary N) is 2. The van der Waals surface area contributed by atoms with Gasteiger partial charge >= 0.3 is 0 Å². The highest BCUT2D eigenvalue weighted by Crippen LogP contribution is 2.22. The van der Waals surface area contributed by atoms with E-state index < -0.39 is 0 Å². The van der Waals surface area contributed by atoms with Gasteiger partial charge in [-0.1, -0.05) is 71.7 Å². The summed E-state index contributed by atoms with van der Waals surface area (Å²) in [5.74, 6) is 0. The predicted molar refractivity (Wildman–Crippen MR) is 107 cm³/mol. The van der Waals surface area contributed by atoms with Crippen LogP contribution in [-0.2, 0) is 13.1 Å². The van der Waals surface area contributed by atoms with Crippen LogP contribution in [0.2, 0.25) is 10.0 Å². The fourth-order valence-corrected chi connectivity index (χ4v) is 2.98. The molecule has 0 bridgehead atoms. The van der Waals surface area contributed by atoms with Crippen molar-refractivity contribution in [1.82, 2.24) is 10.6 Å². The number of thiocarbonyl (C=S) groups is 1. The van der Waals surface area contributed by atoms with Crippen LogP contribution in [0.5, 0.6) is 0 Å². The van der Waals surface area contributed by atoms with Gasteiger partial charge in [-0.3, -0.25) is 0 Å². The van der Waals surface area contributed by atoms with Crippen LogP contribution < -0.4 is 10.6 Å². The van der Waals surface area contributed by atoms with E-state index in [1.54, 1.807) is 6.07 Å². The molecule has 24 heavy (non-hydrogen) atoms. The fourth-order valence-electron chi connectivity index (χ4n) is 2.52. The van der Waals surface area contributed by atoms with E-state index in [9.17, 15) is 0 Å². The molecule has 5 heteroatoms. The summed E-state index contributed by atoms with van der Waals surface area (Å²) in [4.78, 5) is 0. The molecule has 0 atom stereocenters. The Labute approximate surface area is 156 Å². The van der Waals surface area contributed by atoms with Gasteiger partial charge in [0.2, 0.25) is 0 Å². The summed E-state index contributed by atoms with van der Waals surface area (Å²) in [6, 6.07) is 20.2. The fraction of sp³-hybridized carbons (Fsp3) is 0.105. The Morgan fingerprint density at radius 3 is 2.42 bits per heavy atom. The van der Waals surface area contributed by atoms with Gasteiger partial charge in [-0.25, -0.2) is 0 Å². The van der Waals surface area contributed by atoms with Crippen molar-refractivity contribution in [3.8, 4) is 0 Å². The summed E-state index contributed by atoms with van der Waals surface area (Å²) in [6.45, 7) is 1.27. The Morgan fingerprint density at radius 2 is 1.58 bits per heavy atom. The minimum atomic E-state index is 0.547. The van der Waals surface area contributed by atoms with Gasteiger partial charge < -0.3 is 10.6 Å². The van der Waals surface area contributed by atoms with Crippen molar-refractivity contribution < 1.29 is 0 Å². The lowest BCUT2D eigenvalue weighted by molar-refractivity contribution is 0.836. The smallest absolute Gasteiger partial charge is 0.166 e. The first-order chi connectivity index (χ1) is 11.6. The molecule has 0 unspecified atom stereocenters. The molecule has 0 aromatic heterocycles. The third kappa shape index (κ3) is 4.18. The SMILES string of the molecule is S=C(NCc1ccc(Cl)c(Cl)c1)NCc1cccc2ccccc12. The lowest BCUT2D eigenvalue weighted by atomic mass is 10.0. The number of hydrogen-bond acceptors (Lipinski definition) is 1. The normalized spacial score (nSPS) is 10.6. The minimum Gasteiger partial charge on any atom is -0.359 e. The summed E-state index contributed by atoms with van der Waals surface area (Å²) in [5, 5.41) is 10.6.